The highest BCUT2D eigenvalue weighted by atomic mass is 32.2. The molecule has 2 N–H and O–H groups in total. The average Bonchev–Trinajstić information content (AvgIpc) is 2.72. The van der Waals surface area contributed by atoms with Gasteiger partial charge in [0.05, 0.1) is 12.8 Å². The summed E-state index contributed by atoms with van der Waals surface area (Å²) in [6, 6.07) is 5.87. The fraction of sp³-hybridized carbons (Fsp3) is 0.611. The number of aryl methyl sites for hydroxylation is 1. The van der Waals surface area contributed by atoms with E-state index in [1.807, 2.05) is 25.1 Å². The number of carbonyl (C=O) groups excluding carboxylic acids is 1. The van der Waals surface area contributed by atoms with Gasteiger partial charge in [0, 0.05) is 51.0 Å². The number of nitrogens with two attached hydrogens (primary N) is 1. The molecule has 26 heavy (non-hydrogen) atoms. The lowest BCUT2D eigenvalue weighted by atomic mass is 9.90. The first-order chi connectivity index (χ1) is 12.2. The highest BCUT2D eigenvalue weighted by Crippen LogP contribution is 2.36. The number of amides is 1. The van der Waals surface area contributed by atoms with E-state index in [4.69, 9.17) is 10.5 Å². The average molecular weight is 381 g/mol. The van der Waals surface area contributed by atoms with E-state index >= 15 is 0 Å². The van der Waals surface area contributed by atoms with Gasteiger partial charge in [0.25, 0.3) is 0 Å². The van der Waals surface area contributed by atoms with Crippen molar-refractivity contribution in [2.24, 2.45) is 5.73 Å². The van der Waals surface area contributed by atoms with E-state index in [9.17, 15) is 13.2 Å². The van der Waals surface area contributed by atoms with Crippen LogP contribution in [0, 0.1) is 6.92 Å². The summed E-state index contributed by atoms with van der Waals surface area (Å²) >= 11 is 0. The van der Waals surface area contributed by atoms with E-state index in [1.165, 1.54) is 10.6 Å². The van der Waals surface area contributed by atoms with Crippen LogP contribution in [0.5, 0.6) is 5.75 Å². The molecule has 1 spiro atoms. The topological polar surface area (TPSA) is 92.9 Å². The number of likely N-dealkylation sites (tertiary alicyclic amines) is 1. The van der Waals surface area contributed by atoms with Crippen molar-refractivity contribution in [1.82, 2.24) is 9.21 Å². The normalized spacial score (nSPS) is 20.3. The summed E-state index contributed by atoms with van der Waals surface area (Å²) in [4.78, 5) is 13.9. The zero-order chi connectivity index (χ0) is 18.9. The molecule has 0 bridgehead atoms. The standard InChI is InChI=1S/C18H27N3O4S/c1-14-3-4-16-15(11-14)12-21(26(2,23)24)13-18(25-16)6-9-20(10-7-18)17(22)5-8-19/h3-4,11H,5-10,12-13,19H2,1-2H3. The second-order valence-corrected chi connectivity index (χ2v) is 9.33. The lowest BCUT2D eigenvalue weighted by Crippen LogP contribution is -2.55. The van der Waals surface area contributed by atoms with E-state index in [1.54, 1.807) is 4.90 Å². The van der Waals surface area contributed by atoms with Gasteiger partial charge in [-0.2, -0.15) is 4.31 Å². The molecule has 1 aromatic carbocycles. The maximum Gasteiger partial charge on any atom is 0.223 e. The molecule has 1 aromatic rings. The van der Waals surface area contributed by atoms with Crippen molar-refractivity contribution in [3.8, 4) is 5.75 Å². The third kappa shape index (κ3) is 4.02. The molecular weight excluding hydrogens is 354 g/mol. The first-order valence-corrected chi connectivity index (χ1v) is 10.8. The molecule has 0 saturated carbocycles. The van der Waals surface area contributed by atoms with Crippen LogP contribution in [0.2, 0.25) is 0 Å². The molecule has 0 radical (unpaired) electrons. The fourth-order valence-electron chi connectivity index (χ4n) is 3.70. The molecule has 1 saturated heterocycles. The predicted molar refractivity (Wildman–Crippen MR) is 99.3 cm³/mol. The Kier molecular flexibility index (Phi) is 5.28. The first kappa shape index (κ1) is 19.1. The smallest absolute Gasteiger partial charge is 0.223 e. The van der Waals surface area contributed by atoms with Crippen molar-refractivity contribution in [2.75, 3.05) is 32.4 Å². The number of benzene rings is 1. The van der Waals surface area contributed by atoms with E-state index in [-0.39, 0.29) is 5.91 Å². The number of carbonyl (C=O) groups is 1. The van der Waals surface area contributed by atoms with Crippen LogP contribution < -0.4 is 10.5 Å². The zero-order valence-corrected chi connectivity index (χ0v) is 16.2. The number of piperidine rings is 1. The van der Waals surface area contributed by atoms with Crippen LogP contribution in [0.25, 0.3) is 0 Å². The molecule has 0 unspecified atom stereocenters. The van der Waals surface area contributed by atoms with Crippen molar-refractivity contribution >= 4 is 15.9 Å². The number of fused-ring (bicyclic) bond motifs is 1. The van der Waals surface area contributed by atoms with Crippen molar-refractivity contribution in [1.29, 1.82) is 0 Å². The van der Waals surface area contributed by atoms with E-state index in [2.05, 4.69) is 0 Å². The molecule has 2 aliphatic rings. The minimum absolute atomic E-state index is 0.0481. The molecule has 0 atom stereocenters. The summed E-state index contributed by atoms with van der Waals surface area (Å²) in [7, 11) is -3.36. The molecule has 1 fully saturated rings. The van der Waals surface area contributed by atoms with Crippen molar-refractivity contribution in [3.05, 3.63) is 29.3 Å². The molecule has 7 nitrogen and oxygen atoms in total. The van der Waals surface area contributed by atoms with Crippen LogP contribution in [0.3, 0.4) is 0 Å². The van der Waals surface area contributed by atoms with Gasteiger partial charge < -0.3 is 15.4 Å². The SMILES string of the molecule is Cc1ccc2c(c1)CN(S(C)(=O)=O)CC1(CCN(C(=O)CCN)CC1)O2. The van der Waals surface area contributed by atoms with Gasteiger partial charge in [-0.3, -0.25) is 4.79 Å². The van der Waals surface area contributed by atoms with Gasteiger partial charge in [-0.15, -0.1) is 0 Å². The summed E-state index contributed by atoms with van der Waals surface area (Å²) in [5.41, 5.74) is 6.82. The highest BCUT2D eigenvalue weighted by molar-refractivity contribution is 7.88. The Morgan fingerprint density at radius 2 is 2.00 bits per heavy atom. The van der Waals surface area contributed by atoms with Gasteiger partial charge in [-0.25, -0.2) is 8.42 Å². The molecule has 0 aliphatic carbocycles. The third-order valence-electron chi connectivity index (χ3n) is 5.21. The second-order valence-electron chi connectivity index (χ2n) is 7.35. The van der Waals surface area contributed by atoms with Gasteiger partial charge in [-0.1, -0.05) is 17.7 Å². The van der Waals surface area contributed by atoms with Crippen molar-refractivity contribution < 1.29 is 17.9 Å². The maximum absolute atomic E-state index is 12.3. The lowest BCUT2D eigenvalue weighted by Gasteiger charge is -2.42. The number of hydrogen-bond donors (Lipinski definition) is 1. The molecule has 8 heteroatoms. The Morgan fingerprint density at radius 3 is 2.62 bits per heavy atom. The summed E-state index contributed by atoms with van der Waals surface area (Å²) in [6.07, 6.45) is 2.78. The molecular formula is C18H27N3O4S. The first-order valence-electron chi connectivity index (χ1n) is 8.94. The van der Waals surface area contributed by atoms with Crippen LogP contribution in [-0.2, 0) is 21.4 Å². The lowest BCUT2D eigenvalue weighted by molar-refractivity contribution is -0.134. The van der Waals surface area contributed by atoms with Gasteiger partial charge in [0.1, 0.15) is 11.4 Å². The van der Waals surface area contributed by atoms with Gasteiger partial charge in [0.15, 0.2) is 0 Å². The fourth-order valence-corrected chi connectivity index (χ4v) is 4.55. The van der Waals surface area contributed by atoms with E-state index < -0.39 is 15.6 Å². The molecule has 2 heterocycles. The second kappa shape index (κ2) is 7.17. The van der Waals surface area contributed by atoms with Gasteiger partial charge in [-0.05, 0) is 13.0 Å². The predicted octanol–water partition coefficient (Wildman–Crippen LogP) is 0.859. The summed E-state index contributed by atoms with van der Waals surface area (Å²) < 4.78 is 32.5. The van der Waals surface area contributed by atoms with Gasteiger partial charge in [0.2, 0.25) is 15.9 Å². The van der Waals surface area contributed by atoms with E-state index in [0.717, 1.165) is 16.9 Å². The molecule has 144 valence electrons. The van der Waals surface area contributed by atoms with Crippen LogP contribution in [-0.4, -0.2) is 61.6 Å². The zero-order valence-electron chi connectivity index (χ0n) is 15.4. The highest BCUT2D eigenvalue weighted by Gasteiger charge is 2.43. The number of ether oxygens (including phenoxy) is 1. The summed E-state index contributed by atoms with van der Waals surface area (Å²) in [5.74, 6) is 0.787. The van der Waals surface area contributed by atoms with E-state index in [0.29, 0.717) is 52.0 Å². The maximum atomic E-state index is 12.3. The van der Waals surface area contributed by atoms with Crippen molar-refractivity contribution in [3.63, 3.8) is 0 Å². The summed E-state index contributed by atoms with van der Waals surface area (Å²) in [6.45, 7) is 4.04. The Bertz CT molecular complexity index is 786. The molecule has 1 amide bonds. The number of sulfonamides is 1. The monoisotopic (exact) mass is 381 g/mol. The molecule has 2 aliphatic heterocycles. The molecule has 0 aromatic heterocycles. The van der Waals surface area contributed by atoms with Crippen LogP contribution >= 0.6 is 0 Å². The quantitative estimate of drug-likeness (QED) is 0.838. The Labute approximate surface area is 155 Å². The third-order valence-corrected chi connectivity index (χ3v) is 6.40. The Hall–Kier alpha value is -1.64. The van der Waals surface area contributed by atoms with Crippen molar-refractivity contribution in [2.45, 2.75) is 38.3 Å². The van der Waals surface area contributed by atoms with Crippen LogP contribution in [0.15, 0.2) is 18.2 Å². The summed E-state index contributed by atoms with van der Waals surface area (Å²) in [5, 5.41) is 0. The Morgan fingerprint density at radius 1 is 1.31 bits per heavy atom. The largest absolute Gasteiger partial charge is 0.485 e. The number of hydrogen-bond acceptors (Lipinski definition) is 5. The van der Waals surface area contributed by atoms with Crippen LogP contribution in [0.1, 0.15) is 30.4 Å². The Balaban J connectivity index is 1.87. The number of rotatable bonds is 3. The minimum Gasteiger partial charge on any atom is -0.485 e. The minimum atomic E-state index is -3.36. The van der Waals surface area contributed by atoms with Crippen LogP contribution in [0.4, 0.5) is 0 Å². The van der Waals surface area contributed by atoms with Gasteiger partial charge >= 0.3 is 0 Å². The number of nitrogens with zero attached hydrogens (tertiary/aromatic N) is 2. The molecule has 3 rings (SSSR count).